The number of hydrogen-bond acceptors (Lipinski definition) is 4. The maximum Gasteiger partial charge on any atom is 0.317 e. The Balaban J connectivity index is 1.74. The van der Waals surface area contributed by atoms with E-state index in [4.69, 9.17) is 14.2 Å². The molecule has 0 aromatic heterocycles. The molecule has 27 heavy (non-hydrogen) atoms. The molecule has 6 heteroatoms. The molecule has 0 spiro atoms. The SMILES string of the molecule is COc1ccc(CN(C)C(=O)NCCCc2ccc(OC)c(OC)c2)cc1. The number of carbonyl (C=O) groups excluding carboxylic acids is 1. The minimum atomic E-state index is -0.0851. The summed E-state index contributed by atoms with van der Waals surface area (Å²) in [6.45, 7) is 1.16. The van der Waals surface area contributed by atoms with E-state index in [2.05, 4.69) is 5.32 Å². The van der Waals surface area contributed by atoms with E-state index in [0.717, 1.165) is 41.2 Å². The van der Waals surface area contributed by atoms with Gasteiger partial charge in [0, 0.05) is 20.1 Å². The monoisotopic (exact) mass is 372 g/mol. The average molecular weight is 372 g/mol. The Morgan fingerprint density at radius 2 is 1.59 bits per heavy atom. The molecule has 2 aromatic rings. The van der Waals surface area contributed by atoms with Gasteiger partial charge in [0.05, 0.1) is 21.3 Å². The molecule has 0 heterocycles. The van der Waals surface area contributed by atoms with Gasteiger partial charge in [-0.05, 0) is 48.2 Å². The molecule has 0 aliphatic rings. The number of hydrogen-bond donors (Lipinski definition) is 1. The Kier molecular flexibility index (Phi) is 7.79. The fourth-order valence-electron chi connectivity index (χ4n) is 2.74. The maximum atomic E-state index is 12.2. The second-order valence-corrected chi connectivity index (χ2v) is 6.23. The fourth-order valence-corrected chi connectivity index (χ4v) is 2.74. The van der Waals surface area contributed by atoms with Gasteiger partial charge in [0.1, 0.15) is 5.75 Å². The van der Waals surface area contributed by atoms with Crippen molar-refractivity contribution in [3.8, 4) is 17.2 Å². The number of aryl methyl sites for hydroxylation is 1. The zero-order chi connectivity index (χ0) is 19.6. The lowest BCUT2D eigenvalue weighted by molar-refractivity contribution is 0.207. The third kappa shape index (κ3) is 6.09. The lowest BCUT2D eigenvalue weighted by atomic mass is 10.1. The van der Waals surface area contributed by atoms with Gasteiger partial charge in [0.25, 0.3) is 0 Å². The largest absolute Gasteiger partial charge is 0.497 e. The van der Waals surface area contributed by atoms with Crippen LogP contribution in [0.4, 0.5) is 4.79 Å². The van der Waals surface area contributed by atoms with Crippen LogP contribution in [0.3, 0.4) is 0 Å². The van der Waals surface area contributed by atoms with Crippen LogP contribution in [-0.2, 0) is 13.0 Å². The Labute approximate surface area is 161 Å². The molecular formula is C21H28N2O4. The van der Waals surface area contributed by atoms with Crippen LogP contribution in [0.1, 0.15) is 17.5 Å². The number of carbonyl (C=O) groups is 1. The first-order valence-electron chi connectivity index (χ1n) is 8.90. The Hall–Kier alpha value is -2.89. The summed E-state index contributed by atoms with van der Waals surface area (Å²) in [5, 5.41) is 2.95. The summed E-state index contributed by atoms with van der Waals surface area (Å²) in [5.74, 6) is 2.24. The smallest absolute Gasteiger partial charge is 0.317 e. The van der Waals surface area contributed by atoms with E-state index in [9.17, 15) is 4.79 Å². The van der Waals surface area contributed by atoms with Gasteiger partial charge in [-0.1, -0.05) is 18.2 Å². The van der Waals surface area contributed by atoms with Gasteiger partial charge in [0.15, 0.2) is 11.5 Å². The summed E-state index contributed by atoms with van der Waals surface area (Å²) in [6, 6.07) is 13.5. The number of nitrogens with one attached hydrogen (secondary N) is 1. The fraction of sp³-hybridized carbons (Fsp3) is 0.381. The summed E-state index contributed by atoms with van der Waals surface area (Å²) in [4.78, 5) is 13.9. The third-order valence-corrected chi connectivity index (χ3v) is 4.29. The molecule has 0 saturated heterocycles. The van der Waals surface area contributed by atoms with E-state index in [1.165, 1.54) is 0 Å². The number of rotatable bonds is 9. The minimum absolute atomic E-state index is 0.0851. The molecule has 0 bridgehead atoms. The van der Waals surface area contributed by atoms with Crippen molar-refractivity contribution in [1.29, 1.82) is 0 Å². The normalized spacial score (nSPS) is 10.2. The van der Waals surface area contributed by atoms with Gasteiger partial charge in [-0.15, -0.1) is 0 Å². The summed E-state index contributed by atoms with van der Waals surface area (Å²) in [6.07, 6.45) is 1.69. The van der Waals surface area contributed by atoms with Crippen molar-refractivity contribution in [3.05, 3.63) is 53.6 Å². The highest BCUT2D eigenvalue weighted by molar-refractivity contribution is 5.73. The molecule has 146 valence electrons. The van der Waals surface area contributed by atoms with Crippen molar-refractivity contribution in [2.45, 2.75) is 19.4 Å². The number of methoxy groups -OCH3 is 3. The molecule has 0 aliphatic heterocycles. The van der Waals surface area contributed by atoms with E-state index < -0.39 is 0 Å². The van der Waals surface area contributed by atoms with E-state index in [1.54, 1.807) is 33.3 Å². The number of benzene rings is 2. The van der Waals surface area contributed by atoms with Crippen molar-refractivity contribution in [2.24, 2.45) is 0 Å². The average Bonchev–Trinajstić information content (AvgIpc) is 2.71. The Morgan fingerprint density at radius 1 is 0.926 bits per heavy atom. The van der Waals surface area contributed by atoms with Crippen LogP contribution >= 0.6 is 0 Å². The molecule has 0 fully saturated rings. The van der Waals surface area contributed by atoms with Crippen LogP contribution < -0.4 is 19.5 Å². The first-order chi connectivity index (χ1) is 13.1. The van der Waals surface area contributed by atoms with Gasteiger partial charge >= 0.3 is 6.03 Å². The van der Waals surface area contributed by atoms with Gasteiger partial charge in [0.2, 0.25) is 0 Å². The highest BCUT2D eigenvalue weighted by Gasteiger charge is 2.09. The van der Waals surface area contributed by atoms with E-state index in [-0.39, 0.29) is 6.03 Å². The molecule has 1 N–H and O–H groups in total. The van der Waals surface area contributed by atoms with Crippen LogP contribution in [0, 0.1) is 0 Å². The second-order valence-electron chi connectivity index (χ2n) is 6.23. The van der Waals surface area contributed by atoms with Crippen LogP contribution in [-0.4, -0.2) is 45.9 Å². The van der Waals surface area contributed by atoms with Crippen LogP contribution in [0.15, 0.2) is 42.5 Å². The highest BCUT2D eigenvalue weighted by Crippen LogP contribution is 2.27. The van der Waals surface area contributed by atoms with Crippen molar-refractivity contribution in [3.63, 3.8) is 0 Å². The summed E-state index contributed by atoms with van der Waals surface area (Å²) < 4.78 is 15.7. The third-order valence-electron chi connectivity index (χ3n) is 4.29. The zero-order valence-electron chi connectivity index (χ0n) is 16.5. The standard InChI is InChI=1S/C21H28N2O4/c1-23(15-17-7-10-18(25-2)11-8-17)21(24)22-13-5-6-16-9-12-19(26-3)20(14-16)27-4/h7-12,14H,5-6,13,15H2,1-4H3,(H,22,24). The summed E-state index contributed by atoms with van der Waals surface area (Å²) in [5.41, 5.74) is 2.20. The Bertz CT molecular complexity index is 731. The number of amides is 2. The molecule has 0 aliphatic carbocycles. The van der Waals surface area contributed by atoms with Crippen molar-refractivity contribution >= 4 is 6.03 Å². The molecular weight excluding hydrogens is 344 g/mol. The molecule has 0 atom stereocenters. The van der Waals surface area contributed by atoms with Crippen molar-refractivity contribution in [2.75, 3.05) is 34.9 Å². The zero-order valence-corrected chi connectivity index (χ0v) is 16.5. The first kappa shape index (κ1) is 20.4. The van der Waals surface area contributed by atoms with Crippen molar-refractivity contribution in [1.82, 2.24) is 10.2 Å². The Morgan fingerprint density at radius 3 is 2.22 bits per heavy atom. The topological polar surface area (TPSA) is 60.0 Å². The minimum Gasteiger partial charge on any atom is -0.497 e. The van der Waals surface area contributed by atoms with Crippen LogP contribution in [0.2, 0.25) is 0 Å². The predicted octanol–water partition coefficient (Wildman–Crippen LogP) is 3.49. The molecule has 0 unspecified atom stereocenters. The van der Waals surface area contributed by atoms with Crippen molar-refractivity contribution < 1.29 is 19.0 Å². The highest BCUT2D eigenvalue weighted by atomic mass is 16.5. The molecule has 6 nitrogen and oxygen atoms in total. The van der Waals surface area contributed by atoms with E-state index in [1.807, 2.05) is 42.5 Å². The predicted molar refractivity (Wildman–Crippen MR) is 106 cm³/mol. The molecule has 2 aromatic carbocycles. The summed E-state index contributed by atoms with van der Waals surface area (Å²) >= 11 is 0. The summed E-state index contributed by atoms with van der Waals surface area (Å²) in [7, 11) is 6.67. The van der Waals surface area contributed by atoms with Gasteiger partial charge < -0.3 is 24.4 Å². The van der Waals surface area contributed by atoms with E-state index in [0.29, 0.717) is 13.1 Å². The van der Waals surface area contributed by atoms with Gasteiger partial charge in [-0.2, -0.15) is 0 Å². The lowest BCUT2D eigenvalue weighted by Crippen LogP contribution is -2.37. The van der Waals surface area contributed by atoms with Crippen LogP contribution in [0.5, 0.6) is 17.2 Å². The van der Waals surface area contributed by atoms with Gasteiger partial charge in [-0.3, -0.25) is 0 Å². The van der Waals surface area contributed by atoms with Crippen LogP contribution in [0.25, 0.3) is 0 Å². The lowest BCUT2D eigenvalue weighted by Gasteiger charge is -2.18. The number of nitrogens with zero attached hydrogens (tertiary/aromatic N) is 1. The number of urea groups is 1. The molecule has 2 amide bonds. The van der Waals surface area contributed by atoms with Gasteiger partial charge in [-0.25, -0.2) is 4.79 Å². The second kappa shape index (κ2) is 10.3. The van der Waals surface area contributed by atoms with E-state index >= 15 is 0 Å². The molecule has 2 rings (SSSR count). The number of ether oxygens (including phenoxy) is 3. The quantitative estimate of drug-likeness (QED) is 0.685. The maximum absolute atomic E-state index is 12.2. The molecule has 0 saturated carbocycles. The first-order valence-corrected chi connectivity index (χ1v) is 8.90. The molecule has 0 radical (unpaired) electrons.